The Hall–Kier alpha value is -2.97. The van der Waals surface area contributed by atoms with Gasteiger partial charge in [-0.1, -0.05) is 91.0 Å². The van der Waals surface area contributed by atoms with E-state index in [4.69, 9.17) is 10.00 Å². The number of ether oxygens (including phenoxy) is 1. The van der Waals surface area contributed by atoms with Gasteiger partial charge in [0.05, 0.1) is 12.6 Å². The molecule has 0 aliphatic carbocycles. The van der Waals surface area contributed by atoms with Crippen LogP contribution in [0.4, 0.5) is 0 Å². The molecule has 4 heteroatoms. The zero-order chi connectivity index (χ0) is 23.9. The fraction of sp³-hybridized carbons (Fsp3) is 0.367. The van der Waals surface area contributed by atoms with Crippen LogP contribution in [0.1, 0.15) is 37.0 Å². The van der Waals surface area contributed by atoms with Gasteiger partial charge in [0.2, 0.25) is 0 Å². The SMILES string of the molecule is CC1(C)CN(CC#N)CCN1CCCOC(c1ccccc1)(c1ccccc1)c1ccccc1. The van der Waals surface area contributed by atoms with E-state index in [-0.39, 0.29) is 5.54 Å². The van der Waals surface area contributed by atoms with Gasteiger partial charge in [-0.05, 0) is 37.0 Å². The highest BCUT2D eigenvalue weighted by atomic mass is 16.5. The van der Waals surface area contributed by atoms with E-state index in [9.17, 15) is 0 Å². The van der Waals surface area contributed by atoms with Crippen LogP contribution in [-0.2, 0) is 10.3 Å². The van der Waals surface area contributed by atoms with Crippen molar-refractivity contribution in [3.8, 4) is 6.07 Å². The third-order valence-electron chi connectivity index (χ3n) is 6.88. The standard InChI is InChI=1S/C30H35N3O/c1-29(2)25-32(21-19-31)22-23-33(29)20-12-24-34-30(26-13-6-3-7-14-26,27-15-8-4-9-16-27)28-17-10-5-11-18-28/h3-11,13-18H,12,20-25H2,1-2H3. The molecule has 3 aromatic carbocycles. The smallest absolute Gasteiger partial charge is 0.143 e. The highest BCUT2D eigenvalue weighted by Crippen LogP contribution is 2.40. The van der Waals surface area contributed by atoms with Crippen LogP contribution < -0.4 is 0 Å². The number of piperazine rings is 1. The summed E-state index contributed by atoms with van der Waals surface area (Å²) < 4.78 is 6.93. The fourth-order valence-electron chi connectivity index (χ4n) is 5.19. The minimum atomic E-state index is -0.662. The monoisotopic (exact) mass is 453 g/mol. The highest BCUT2D eigenvalue weighted by molar-refractivity contribution is 5.47. The lowest BCUT2D eigenvalue weighted by atomic mass is 9.80. The van der Waals surface area contributed by atoms with Gasteiger partial charge in [0.25, 0.3) is 0 Å². The zero-order valence-electron chi connectivity index (χ0n) is 20.4. The molecular weight excluding hydrogens is 418 g/mol. The Morgan fingerprint density at radius 2 is 1.32 bits per heavy atom. The van der Waals surface area contributed by atoms with Gasteiger partial charge in [-0.25, -0.2) is 0 Å². The molecular formula is C30H35N3O. The topological polar surface area (TPSA) is 39.5 Å². The molecule has 0 radical (unpaired) electrons. The first kappa shape index (κ1) is 24.2. The molecule has 0 amide bonds. The largest absolute Gasteiger partial charge is 0.361 e. The first-order valence-electron chi connectivity index (χ1n) is 12.2. The van der Waals surface area contributed by atoms with Gasteiger partial charge in [0, 0.05) is 38.3 Å². The molecule has 4 rings (SSSR count). The average Bonchev–Trinajstić information content (AvgIpc) is 2.87. The molecule has 1 heterocycles. The Morgan fingerprint density at radius 1 is 0.824 bits per heavy atom. The van der Waals surface area contributed by atoms with Crippen molar-refractivity contribution in [2.45, 2.75) is 31.4 Å². The third kappa shape index (κ3) is 5.23. The van der Waals surface area contributed by atoms with Crippen molar-refractivity contribution in [1.29, 1.82) is 5.26 Å². The van der Waals surface area contributed by atoms with Crippen LogP contribution in [0.3, 0.4) is 0 Å². The highest BCUT2D eigenvalue weighted by Gasteiger charge is 2.38. The minimum absolute atomic E-state index is 0.0461. The minimum Gasteiger partial charge on any atom is -0.361 e. The van der Waals surface area contributed by atoms with E-state index >= 15 is 0 Å². The molecule has 176 valence electrons. The Morgan fingerprint density at radius 3 is 1.76 bits per heavy atom. The van der Waals surface area contributed by atoms with Crippen molar-refractivity contribution in [3.63, 3.8) is 0 Å². The van der Waals surface area contributed by atoms with Crippen LogP contribution in [0.25, 0.3) is 0 Å². The molecule has 1 fully saturated rings. The second kappa shape index (κ2) is 11.0. The molecule has 0 aromatic heterocycles. The lowest BCUT2D eigenvalue weighted by Gasteiger charge is -2.46. The van der Waals surface area contributed by atoms with Crippen LogP contribution in [0.5, 0.6) is 0 Å². The van der Waals surface area contributed by atoms with Crippen LogP contribution >= 0.6 is 0 Å². The molecule has 0 spiro atoms. The van der Waals surface area contributed by atoms with Gasteiger partial charge in [-0.3, -0.25) is 9.80 Å². The second-order valence-corrected chi connectivity index (χ2v) is 9.65. The molecule has 34 heavy (non-hydrogen) atoms. The van der Waals surface area contributed by atoms with Crippen LogP contribution in [0, 0.1) is 11.3 Å². The maximum absolute atomic E-state index is 9.06. The molecule has 0 unspecified atom stereocenters. The number of hydrogen-bond acceptors (Lipinski definition) is 4. The summed E-state index contributed by atoms with van der Waals surface area (Å²) in [4.78, 5) is 4.79. The fourth-order valence-corrected chi connectivity index (χ4v) is 5.19. The Balaban J connectivity index is 1.55. The van der Waals surface area contributed by atoms with Crippen molar-refractivity contribution in [1.82, 2.24) is 9.80 Å². The van der Waals surface area contributed by atoms with Gasteiger partial charge >= 0.3 is 0 Å². The van der Waals surface area contributed by atoms with Gasteiger partial charge in [0.15, 0.2) is 0 Å². The van der Waals surface area contributed by atoms with Crippen LogP contribution in [-0.4, -0.2) is 54.7 Å². The third-order valence-corrected chi connectivity index (χ3v) is 6.88. The summed E-state index contributed by atoms with van der Waals surface area (Å²) in [5, 5.41) is 9.06. The first-order valence-corrected chi connectivity index (χ1v) is 12.2. The van der Waals surface area contributed by atoms with Gasteiger partial charge in [-0.15, -0.1) is 0 Å². The molecule has 3 aromatic rings. The first-order chi connectivity index (χ1) is 16.6. The van der Waals surface area contributed by atoms with Crippen molar-refractivity contribution in [3.05, 3.63) is 108 Å². The van der Waals surface area contributed by atoms with E-state index in [0.29, 0.717) is 13.2 Å². The molecule has 0 saturated carbocycles. The molecule has 0 N–H and O–H groups in total. The van der Waals surface area contributed by atoms with Crippen molar-refractivity contribution in [2.24, 2.45) is 0 Å². The predicted molar refractivity (Wildman–Crippen MR) is 137 cm³/mol. The van der Waals surface area contributed by atoms with E-state index in [1.807, 2.05) is 0 Å². The number of hydrogen-bond donors (Lipinski definition) is 0. The number of rotatable bonds is 9. The number of benzene rings is 3. The quantitative estimate of drug-likeness (QED) is 0.250. The molecule has 1 saturated heterocycles. The van der Waals surface area contributed by atoms with Gasteiger partial charge < -0.3 is 4.74 Å². The Labute approximate surface area is 204 Å². The number of nitriles is 1. The van der Waals surface area contributed by atoms with Crippen molar-refractivity contribution >= 4 is 0 Å². The summed E-state index contributed by atoms with van der Waals surface area (Å²) in [7, 11) is 0. The van der Waals surface area contributed by atoms with Crippen molar-refractivity contribution < 1.29 is 4.74 Å². The van der Waals surface area contributed by atoms with Gasteiger partial charge in [-0.2, -0.15) is 5.26 Å². The van der Waals surface area contributed by atoms with E-state index in [0.717, 1.165) is 49.3 Å². The lowest BCUT2D eigenvalue weighted by molar-refractivity contribution is -0.00985. The summed E-state index contributed by atoms with van der Waals surface area (Å²) in [6, 6.07) is 34.0. The van der Waals surface area contributed by atoms with E-state index < -0.39 is 5.60 Å². The molecule has 1 aliphatic rings. The zero-order valence-corrected chi connectivity index (χ0v) is 20.4. The summed E-state index contributed by atoms with van der Waals surface area (Å²) in [5.74, 6) is 0. The summed E-state index contributed by atoms with van der Waals surface area (Å²) in [6.45, 7) is 9.53. The maximum atomic E-state index is 9.06. The van der Waals surface area contributed by atoms with Crippen molar-refractivity contribution in [2.75, 3.05) is 39.3 Å². The average molecular weight is 454 g/mol. The Kier molecular flexibility index (Phi) is 7.80. The Bertz CT molecular complexity index is 964. The van der Waals surface area contributed by atoms with E-state index in [1.165, 1.54) is 0 Å². The summed E-state index contributed by atoms with van der Waals surface area (Å²) >= 11 is 0. The van der Waals surface area contributed by atoms with Crippen LogP contribution in [0.2, 0.25) is 0 Å². The normalized spacial score (nSPS) is 16.7. The van der Waals surface area contributed by atoms with E-state index in [2.05, 4.69) is 121 Å². The molecule has 0 atom stereocenters. The van der Waals surface area contributed by atoms with E-state index in [1.54, 1.807) is 0 Å². The lowest BCUT2D eigenvalue weighted by Crippen LogP contribution is -2.59. The number of nitrogens with zero attached hydrogens (tertiary/aromatic N) is 3. The molecule has 4 nitrogen and oxygen atoms in total. The maximum Gasteiger partial charge on any atom is 0.143 e. The second-order valence-electron chi connectivity index (χ2n) is 9.65. The molecule has 0 bridgehead atoms. The molecule has 1 aliphatic heterocycles. The summed E-state index contributed by atoms with van der Waals surface area (Å²) in [6.07, 6.45) is 0.940. The van der Waals surface area contributed by atoms with Crippen LogP contribution in [0.15, 0.2) is 91.0 Å². The summed E-state index contributed by atoms with van der Waals surface area (Å²) in [5.41, 5.74) is 2.79. The predicted octanol–water partition coefficient (Wildman–Crippen LogP) is 5.30. The van der Waals surface area contributed by atoms with Gasteiger partial charge in [0.1, 0.15) is 5.60 Å².